The Morgan fingerprint density at radius 3 is 2.65 bits per heavy atom. The fraction of sp³-hybridized carbons (Fsp3) is 0.429. The minimum Gasteiger partial charge on any atom is -0.481 e. The second-order valence-corrected chi connectivity index (χ2v) is 5.11. The molecule has 2 rings (SSSR count). The quantitative estimate of drug-likeness (QED) is 0.918. The van der Waals surface area contributed by atoms with E-state index >= 15 is 0 Å². The third-order valence-electron chi connectivity index (χ3n) is 3.66. The summed E-state index contributed by atoms with van der Waals surface area (Å²) < 4.78 is 26.5. The smallest absolute Gasteiger partial charge is 0.308 e. The van der Waals surface area contributed by atoms with Crippen molar-refractivity contribution in [3.05, 3.63) is 35.4 Å². The maximum atomic E-state index is 13.5. The van der Waals surface area contributed by atoms with Crippen molar-refractivity contribution in [3.8, 4) is 0 Å². The SMILES string of the molecule is CC1CN(C(=O)Cc2cccc(F)c2F)CC1C(=O)O. The molecule has 108 valence electrons. The molecule has 1 fully saturated rings. The molecule has 1 aliphatic rings. The molecule has 2 atom stereocenters. The molecule has 1 aliphatic heterocycles. The highest BCUT2D eigenvalue weighted by atomic mass is 19.2. The molecule has 2 unspecified atom stereocenters. The van der Waals surface area contributed by atoms with Gasteiger partial charge in [0.1, 0.15) is 0 Å². The Labute approximate surface area is 115 Å². The number of hydrogen-bond acceptors (Lipinski definition) is 2. The van der Waals surface area contributed by atoms with Crippen molar-refractivity contribution in [1.82, 2.24) is 4.90 Å². The van der Waals surface area contributed by atoms with Crippen molar-refractivity contribution >= 4 is 11.9 Å². The Morgan fingerprint density at radius 1 is 1.35 bits per heavy atom. The Bertz CT molecular complexity index is 547. The van der Waals surface area contributed by atoms with Crippen molar-refractivity contribution < 1.29 is 23.5 Å². The van der Waals surface area contributed by atoms with E-state index in [2.05, 4.69) is 0 Å². The molecule has 1 saturated heterocycles. The van der Waals surface area contributed by atoms with Crippen LogP contribution >= 0.6 is 0 Å². The van der Waals surface area contributed by atoms with E-state index in [-0.39, 0.29) is 30.4 Å². The Balaban J connectivity index is 2.06. The van der Waals surface area contributed by atoms with Crippen LogP contribution in [0.3, 0.4) is 0 Å². The summed E-state index contributed by atoms with van der Waals surface area (Å²) in [6.07, 6.45) is -0.261. The Morgan fingerprint density at radius 2 is 2.05 bits per heavy atom. The molecule has 0 aromatic heterocycles. The van der Waals surface area contributed by atoms with Crippen molar-refractivity contribution in [2.24, 2.45) is 11.8 Å². The molecule has 20 heavy (non-hydrogen) atoms. The molecule has 1 N–H and O–H groups in total. The number of amides is 1. The number of aliphatic carboxylic acids is 1. The standard InChI is InChI=1S/C14H15F2NO3/c1-8-6-17(7-10(8)14(19)20)12(18)5-9-3-2-4-11(15)13(9)16/h2-4,8,10H,5-7H2,1H3,(H,19,20). The van der Waals surface area contributed by atoms with Gasteiger partial charge in [0.05, 0.1) is 12.3 Å². The summed E-state index contributed by atoms with van der Waals surface area (Å²) in [5.74, 6) is -4.09. The summed E-state index contributed by atoms with van der Waals surface area (Å²) in [5, 5.41) is 9.01. The summed E-state index contributed by atoms with van der Waals surface area (Å²) >= 11 is 0. The van der Waals surface area contributed by atoms with E-state index in [0.29, 0.717) is 6.54 Å². The van der Waals surface area contributed by atoms with Crippen LogP contribution in [0.1, 0.15) is 12.5 Å². The molecular weight excluding hydrogens is 268 g/mol. The molecule has 0 saturated carbocycles. The highest BCUT2D eigenvalue weighted by molar-refractivity contribution is 5.81. The first-order valence-corrected chi connectivity index (χ1v) is 6.33. The van der Waals surface area contributed by atoms with Crippen molar-refractivity contribution in [3.63, 3.8) is 0 Å². The number of carboxylic acid groups (broad SMARTS) is 1. The van der Waals surface area contributed by atoms with Crippen LogP contribution in [0.5, 0.6) is 0 Å². The second kappa shape index (κ2) is 5.56. The largest absolute Gasteiger partial charge is 0.481 e. The lowest BCUT2D eigenvalue weighted by atomic mass is 9.99. The number of nitrogens with zero attached hydrogens (tertiary/aromatic N) is 1. The van der Waals surface area contributed by atoms with Crippen LogP contribution in [-0.4, -0.2) is 35.0 Å². The van der Waals surface area contributed by atoms with Gasteiger partial charge < -0.3 is 10.0 Å². The number of carboxylic acids is 1. The number of carbonyl (C=O) groups excluding carboxylic acids is 1. The summed E-state index contributed by atoms with van der Waals surface area (Å²) in [7, 11) is 0. The zero-order valence-electron chi connectivity index (χ0n) is 11.0. The summed E-state index contributed by atoms with van der Waals surface area (Å²) in [5.41, 5.74) is -0.0126. The third kappa shape index (κ3) is 2.79. The summed E-state index contributed by atoms with van der Waals surface area (Å²) in [6.45, 7) is 2.20. The van der Waals surface area contributed by atoms with Gasteiger partial charge in [-0.05, 0) is 12.0 Å². The first kappa shape index (κ1) is 14.4. The molecule has 1 amide bonds. The van der Waals surface area contributed by atoms with Crippen LogP contribution in [0, 0.1) is 23.5 Å². The number of likely N-dealkylation sites (tertiary alicyclic amines) is 1. The summed E-state index contributed by atoms with van der Waals surface area (Å²) in [4.78, 5) is 24.4. The maximum Gasteiger partial charge on any atom is 0.308 e. The molecule has 0 radical (unpaired) electrons. The fourth-order valence-corrected chi connectivity index (χ4v) is 2.45. The van der Waals surface area contributed by atoms with E-state index in [0.717, 1.165) is 6.07 Å². The molecule has 4 nitrogen and oxygen atoms in total. The topological polar surface area (TPSA) is 57.6 Å². The molecule has 6 heteroatoms. The van der Waals surface area contributed by atoms with E-state index in [9.17, 15) is 18.4 Å². The van der Waals surface area contributed by atoms with Crippen LogP contribution in [0.2, 0.25) is 0 Å². The predicted octanol–water partition coefficient (Wildman–Crippen LogP) is 1.69. The average Bonchev–Trinajstić information content (AvgIpc) is 2.77. The number of halogens is 2. The van der Waals surface area contributed by atoms with E-state index < -0.39 is 23.5 Å². The van der Waals surface area contributed by atoms with Gasteiger partial charge in [-0.3, -0.25) is 9.59 Å². The predicted molar refractivity (Wildman–Crippen MR) is 66.9 cm³/mol. The number of hydrogen-bond donors (Lipinski definition) is 1. The molecule has 1 heterocycles. The Hall–Kier alpha value is -1.98. The first-order valence-electron chi connectivity index (χ1n) is 6.33. The second-order valence-electron chi connectivity index (χ2n) is 5.11. The normalized spacial score (nSPS) is 22.1. The monoisotopic (exact) mass is 283 g/mol. The zero-order chi connectivity index (χ0) is 14.9. The lowest BCUT2D eigenvalue weighted by molar-refractivity contribution is -0.142. The minimum absolute atomic E-state index is 0.0126. The highest BCUT2D eigenvalue weighted by Crippen LogP contribution is 2.24. The average molecular weight is 283 g/mol. The van der Waals surface area contributed by atoms with Gasteiger partial charge in [0.2, 0.25) is 5.91 Å². The van der Waals surface area contributed by atoms with Crippen molar-refractivity contribution in [2.45, 2.75) is 13.3 Å². The van der Waals surface area contributed by atoms with E-state index in [4.69, 9.17) is 5.11 Å². The highest BCUT2D eigenvalue weighted by Gasteiger charge is 2.36. The number of rotatable bonds is 3. The Kier molecular flexibility index (Phi) is 4.01. The zero-order valence-corrected chi connectivity index (χ0v) is 11.0. The van der Waals surface area contributed by atoms with Crippen LogP contribution in [-0.2, 0) is 16.0 Å². The molecule has 0 aliphatic carbocycles. The van der Waals surface area contributed by atoms with Gasteiger partial charge in [-0.2, -0.15) is 0 Å². The summed E-state index contributed by atoms with van der Waals surface area (Å²) in [6, 6.07) is 3.68. The van der Waals surface area contributed by atoms with Gasteiger partial charge in [-0.15, -0.1) is 0 Å². The molecule has 0 spiro atoms. The number of carbonyl (C=O) groups is 2. The van der Waals surface area contributed by atoms with E-state index in [1.54, 1.807) is 6.92 Å². The van der Waals surface area contributed by atoms with E-state index in [1.807, 2.05) is 0 Å². The van der Waals surface area contributed by atoms with Crippen LogP contribution in [0.25, 0.3) is 0 Å². The maximum absolute atomic E-state index is 13.5. The van der Waals surface area contributed by atoms with E-state index in [1.165, 1.54) is 17.0 Å². The molecule has 0 bridgehead atoms. The fourth-order valence-electron chi connectivity index (χ4n) is 2.45. The lowest BCUT2D eigenvalue weighted by Gasteiger charge is -2.16. The number of benzene rings is 1. The molecule has 1 aromatic rings. The van der Waals surface area contributed by atoms with Gasteiger partial charge in [-0.25, -0.2) is 8.78 Å². The van der Waals surface area contributed by atoms with Gasteiger partial charge in [0, 0.05) is 18.7 Å². The van der Waals surface area contributed by atoms with Crippen LogP contribution < -0.4 is 0 Å². The third-order valence-corrected chi connectivity index (χ3v) is 3.66. The van der Waals surface area contributed by atoms with Gasteiger partial charge in [-0.1, -0.05) is 19.1 Å². The van der Waals surface area contributed by atoms with Gasteiger partial charge in [0.15, 0.2) is 11.6 Å². The minimum atomic E-state index is -1.03. The van der Waals surface area contributed by atoms with Crippen molar-refractivity contribution in [2.75, 3.05) is 13.1 Å². The molecular formula is C14H15F2NO3. The molecule has 1 aromatic carbocycles. The van der Waals surface area contributed by atoms with Gasteiger partial charge in [0.25, 0.3) is 0 Å². The first-order chi connectivity index (χ1) is 9.40. The van der Waals surface area contributed by atoms with Crippen LogP contribution in [0.4, 0.5) is 8.78 Å². The lowest BCUT2D eigenvalue weighted by Crippen LogP contribution is -2.31. The van der Waals surface area contributed by atoms with Crippen molar-refractivity contribution in [1.29, 1.82) is 0 Å². The van der Waals surface area contributed by atoms with Gasteiger partial charge >= 0.3 is 5.97 Å². The van der Waals surface area contributed by atoms with Crippen LogP contribution in [0.15, 0.2) is 18.2 Å².